The van der Waals surface area contributed by atoms with Crippen LogP contribution in [0.15, 0.2) is 54.6 Å². The fourth-order valence-electron chi connectivity index (χ4n) is 2.23. The molecule has 0 spiro atoms. The Morgan fingerprint density at radius 2 is 1.67 bits per heavy atom. The molecule has 0 aliphatic carbocycles. The lowest BCUT2D eigenvalue weighted by Crippen LogP contribution is -2.03. The first-order valence-electron chi connectivity index (χ1n) is 6.71. The van der Waals surface area contributed by atoms with Crippen LogP contribution in [0.5, 0.6) is 0 Å². The van der Waals surface area contributed by atoms with Crippen LogP contribution >= 0.6 is 11.6 Å². The summed E-state index contributed by atoms with van der Waals surface area (Å²) in [6.07, 6.45) is 0. The smallest absolute Gasteiger partial charge is 0.258 e. The van der Waals surface area contributed by atoms with Crippen LogP contribution in [-0.2, 0) is 0 Å². The van der Waals surface area contributed by atoms with Crippen LogP contribution in [0.3, 0.4) is 0 Å². The Bertz CT molecular complexity index is 940. The Morgan fingerprint density at radius 1 is 0.958 bits per heavy atom. The highest BCUT2D eigenvalue weighted by atomic mass is 35.5. The predicted molar refractivity (Wildman–Crippen MR) is 87.3 cm³/mol. The average molecular weight is 345 g/mol. The zero-order chi connectivity index (χ0) is 17.3. The Hall–Kier alpha value is -3.26. The minimum Gasteiger partial charge on any atom is -0.258 e. The molecule has 0 atom stereocenters. The van der Waals surface area contributed by atoms with Crippen molar-refractivity contribution >= 4 is 23.0 Å². The summed E-state index contributed by atoms with van der Waals surface area (Å²) in [6, 6.07) is 14.0. The number of halogens is 1. The quantitative estimate of drug-likeness (QED) is 0.525. The topological polar surface area (TPSA) is 104 Å². The zero-order valence-electron chi connectivity index (χ0n) is 12.0. The van der Waals surface area contributed by atoms with Crippen LogP contribution in [0, 0.1) is 20.2 Å². The Balaban J connectivity index is 2.14. The van der Waals surface area contributed by atoms with E-state index in [9.17, 15) is 20.2 Å². The van der Waals surface area contributed by atoms with E-state index in [0.717, 1.165) is 11.6 Å². The molecule has 0 amide bonds. The molecular formula is C15H9ClN4O4. The van der Waals surface area contributed by atoms with Crippen molar-refractivity contribution in [3.05, 3.63) is 80.0 Å². The van der Waals surface area contributed by atoms with Crippen molar-refractivity contribution in [1.29, 1.82) is 0 Å². The van der Waals surface area contributed by atoms with Crippen molar-refractivity contribution < 1.29 is 9.85 Å². The van der Waals surface area contributed by atoms with E-state index in [2.05, 4.69) is 5.10 Å². The van der Waals surface area contributed by atoms with Crippen LogP contribution in [0.25, 0.3) is 16.9 Å². The number of non-ortho nitro benzene ring substituents is 1. The summed E-state index contributed by atoms with van der Waals surface area (Å²) in [5.41, 5.74) is 0.555. The molecule has 0 aliphatic heterocycles. The highest BCUT2D eigenvalue weighted by molar-refractivity contribution is 6.30. The van der Waals surface area contributed by atoms with Gasteiger partial charge in [-0.2, -0.15) is 5.10 Å². The number of benzene rings is 2. The second-order valence-electron chi connectivity index (χ2n) is 4.82. The number of aromatic nitrogens is 2. The van der Waals surface area contributed by atoms with Gasteiger partial charge < -0.3 is 0 Å². The van der Waals surface area contributed by atoms with Gasteiger partial charge in [-0.15, -0.1) is 0 Å². The van der Waals surface area contributed by atoms with Crippen LogP contribution in [-0.4, -0.2) is 19.6 Å². The molecule has 0 fully saturated rings. The molecule has 120 valence electrons. The van der Waals surface area contributed by atoms with E-state index in [1.165, 1.54) is 16.8 Å². The van der Waals surface area contributed by atoms with Crippen LogP contribution < -0.4 is 0 Å². The van der Waals surface area contributed by atoms with Gasteiger partial charge in [-0.25, -0.2) is 4.68 Å². The Kier molecular flexibility index (Phi) is 3.97. The summed E-state index contributed by atoms with van der Waals surface area (Å²) in [7, 11) is 0. The van der Waals surface area contributed by atoms with Gasteiger partial charge in [0.2, 0.25) is 0 Å². The third-order valence-electron chi connectivity index (χ3n) is 3.33. The maximum absolute atomic E-state index is 11.3. The molecule has 24 heavy (non-hydrogen) atoms. The van der Waals surface area contributed by atoms with E-state index in [1.807, 2.05) is 30.3 Å². The van der Waals surface area contributed by atoms with Crippen molar-refractivity contribution in [2.24, 2.45) is 0 Å². The van der Waals surface area contributed by atoms with Gasteiger partial charge in [0.25, 0.3) is 5.69 Å². The van der Waals surface area contributed by atoms with Gasteiger partial charge in [-0.05, 0) is 6.07 Å². The maximum atomic E-state index is 11.3. The third kappa shape index (κ3) is 2.82. The molecule has 0 unspecified atom stereocenters. The van der Waals surface area contributed by atoms with E-state index in [-0.39, 0.29) is 16.5 Å². The van der Waals surface area contributed by atoms with Gasteiger partial charge in [0.15, 0.2) is 0 Å². The number of hydrogen-bond acceptors (Lipinski definition) is 5. The standard InChI is InChI=1S/C15H9ClN4O4/c16-15-9-12(10-4-2-1-3-5-10)17-18(15)13-7-6-11(19(21)22)8-14(13)20(23)24/h1-9H. The largest absolute Gasteiger partial charge is 0.301 e. The first-order valence-corrected chi connectivity index (χ1v) is 7.09. The number of nitrogens with zero attached hydrogens (tertiary/aromatic N) is 4. The van der Waals surface area contributed by atoms with Crippen molar-refractivity contribution in [1.82, 2.24) is 9.78 Å². The fraction of sp³-hybridized carbons (Fsp3) is 0. The normalized spacial score (nSPS) is 10.5. The molecule has 0 N–H and O–H groups in total. The second kappa shape index (κ2) is 6.09. The molecule has 0 saturated heterocycles. The predicted octanol–water partition coefficient (Wildman–Crippen LogP) is 4.01. The summed E-state index contributed by atoms with van der Waals surface area (Å²) >= 11 is 6.15. The van der Waals surface area contributed by atoms with Gasteiger partial charge in [0.05, 0.1) is 21.6 Å². The summed E-state index contributed by atoms with van der Waals surface area (Å²) in [4.78, 5) is 20.7. The molecule has 9 heteroatoms. The molecule has 0 bridgehead atoms. The van der Waals surface area contributed by atoms with Crippen molar-refractivity contribution in [2.45, 2.75) is 0 Å². The minimum atomic E-state index is -0.706. The Morgan fingerprint density at radius 3 is 2.29 bits per heavy atom. The SMILES string of the molecule is O=[N+]([O-])c1ccc(-n2nc(-c3ccccc3)cc2Cl)c([N+](=O)[O-])c1. The lowest BCUT2D eigenvalue weighted by atomic mass is 10.2. The molecule has 0 aliphatic rings. The average Bonchev–Trinajstić information content (AvgIpc) is 2.96. The molecule has 3 aromatic rings. The summed E-state index contributed by atoms with van der Waals surface area (Å²) in [6.45, 7) is 0. The van der Waals surface area contributed by atoms with Gasteiger partial charge in [0.1, 0.15) is 10.8 Å². The fourth-order valence-corrected chi connectivity index (χ4v) is 2.46. The second-order valence-corrected chi connectivity index (χ2v) is 5.20. The minimum absolute atomic E-state index is 0.0535. The maximum Gasteiger partial charge on any atom is 0.301 e. The number of rotatable bonds is 4. The number of hydrogen-bond donors (Lipinski definition) is 0. The van der Waals surface area contributed by atoms with E-state index >= 15 is 0 Å². The molecule has 2 aromatic carbocycles. The van der Waals surface area contributed by atoms with E-state index in [1.54, 1.807) is 6.07 Å². The number of nitro benzene ring substituents is 2. The van der Waals surface area contributed by atoms with Crippen molar-refractivity contribution in [2.75, 3.05) is 0 Å². The molecule has 0 saturated carbocycles. The monoisotopic (exact) mass is 344 g/mol. The molecule has 0 radical (unpaired) electrons. The summed E-state index contributed by atoms with van der Waals surface area (Å²) in [5.74, 6) is 0. The van der Waals surface area contributed by atoms with E-state index < -0.39 is 15.5 Å². The highest BCUT2D eigenvalue weighted by Crippen LogP contribution is 2.31. The van der Waals surface area contributed by atoms with Gasteiger partial charge in [-0.3, -0.25) is 20.2 Å². The van der Waals surface area contributed by atoms with Crippen molar-refractivity contribution in [3.63, 3.8) is 0 Å². The van der Waals surface area contributed by atoms with Crippen LogP contribution in [0.1, 0.15) is 0 Å². The first-order chi connectivity index (χ1) is 11.5. The van der Waals surface area contributed by atoms with Crippen molar-refractivity contribution in [3.8, 4) is 16.9 Å². The lowest BCUT2D eigenvalue weighted by Gasteiger charge is -2.04. The van der Waals surface area contributed by atoms with Crippen LogP contribution in [0.4, 0.5) is 11.4 Å². The van der Waals surface area contributed by atoms with Gasteiger partial charge in [0, 0.05) is 17.7 Å². The van der Waals surface area contributed by atoms with E-state index in [0.29, 0.717) is 5.69 Å². The first kappa shape index (κ1) is 15.6. The third-order valence-corrected chi connectivity index (χ3v) is 3.60. The van der Waals surface area contributed by atoms with Gasteiger partial charge >= 0.3 is 5.69 Å². The zero-order valence-corrected chi connectivity index (χ0v) is 12.8. The molecule has 1 aromatic heterocycles. The molecule has 1 heterocycles. The Labute approximate surface area is 140 Å². The molecule has 3 rings (SSSR count). The van der Waals surface area contributed by atoms with Crippen LogP contribution in [0.2, 0.25) is 5.15 Å². The van der Waals surface area contributed by atoms with E-state index in [4.69, 9.17) is 11.6 Å². The molecular weight excluding hydrogens is 336 g/mol. The highest BCUT2D eigenvalue weighted by Gasteiger charge is 2.23. The van der Waals surface area contributed by atoms with Gasteiger partial charge in [-0.1, -0.05) is 41.9 Å². The number of nitro groups is 2. The summed E-state index contributed by atoms with van der Waals surface area (Å²) in [5, 5.41) is 26.5. The lowest BCUT2D eigenvalue weighted by molar-refractivity contribution is -0.394. The molecule has 8 nitrogen and oxygen atoms in total. The summed E-state index contributed by atoms with van der Waals surface area (Å²) < 4.78 is 1.19.